The van der Waals surface area contributed by atoms with Crippen LogP contribution in [0.3, 0.4) is 0 Å². The Morgan fingerprint density at radius 3 is 2.68 bits per heavy atom. The molecule has 0 spiro atoms. The lowest BCUT2D eigenvalue weighted by Crippen LogP contribution is -2.12. The van der Waals surface area contributed by atoms with Gasteiger partial charge in [-0.25, -0.2) is 18.2 Å². The van der Waals surface area contributed by atoms with E-state index < -0.39 is 16.0 Å². The van der Waals surface area contributed by atoms with Crippen molar-refractivity contribution in [2.75, 3.05) is 4.72 Å². The average Bonchev–Trinajstić information content (AvgIpc) is 2.78. The number of aromatic nitrogens is 1. The standard InChI is InChI=1S/C11H10N2O4S2/c1-7-4-5-12-9(6-7)13-19(16,17)10-3-2-8(18-10)11(14)15/h2-6H,1H3,(H,12,13)(H,14,15). The van der Waals surface area contributed by atoms with Crippen LogP contribution in [-0.2, 0) is 10.0 Å². The second-order valence-electron chi connectivity index (χ2n) is 3.75. The van der Waals surface area contributed by atoms with Crippen LogP contribution >= 0.6 is 11.3 Å². The highest BCUT2D eigenvalue weighted by atomic mass is 32.2. The molecule has 0 atom stereocenters. The Bertz CT molecular complexity index is 722. The smallest absolute Gasteiger partial charge is 0.345 e. The zero-order valence-electron chi connectivity index (χ0n) is 9.82. The Kier molecular flexibility index (Phi) is 3.54. The first-order valence-corrected chi connectivity index (χ1v) is 7.47. The van der Waals surface area contributed by atoms with Gasteiger partial charge in [0.1, 0.15) is 14.9 Å². The number of anilines is 1. The molecule has 2 heterocycles. The summed E-state index contributed by atoms with van der Waals surface area (Å²) in [7, 11) is -3.80. The number of pyridine rings is 1. The fourth-order valence-electron chi connectivity index (χ4n) is 1.36. The molecule has 2 aromatic rings. The minimum atomic E-state index is -3.80. The zero-order chi connectivity index (χ0) is 14.0. The Balaban J connectivity index is 2.29. The minimum Gasteiger partial charge on any atom is -0.477 e. The molecule has 0 aliphatic heterocycles. The maximum absolute atomic E-state index is 12.0. The van der Waals surface area contributed by atoms with E-state index in [0.29, 0.717) is 11.3 Å². The third-order valence-corrected chi connectivity index (χ3v) is 5.13. The van der Waals surface area contributed by atoms with Crippen LogP contribution in [0.25, 0.3) is 0 Å². The third kappa shape index (κ3) is 3.09. The van der Waals surface area contributed by atoms with E-state index in [4.69, 9.17) is 5.11 Å². The summed E-state index contributed by atoms with van der Waals surface area (Å²) in [4.78, 5) is 14.6. The summed E-state index contributed by atoms with van der Waals surface area (Å²) in [6.07, 6.45) is 1.49. The lowest BCUT2D eigenvalue weighted by Gasteiger charge is -2.05. The van der Waals surface area contributed by atoms with Crippen LogP contribution in [0.2, 0.25) is 0 Å². The van der Waals surface area contributed by atoms with E-state index in [1.807, 2.05) is 6.92 Å². The molecule has 0 aliphatic carbocycles. The van der Waals surface area contributed by atoms with Crippen LogP contribution < -0.4 is 4.72 Å². The monoisotopic (exact) mass is 298 g/mol. The Labute approximate surface area is 113 Å². The van der Waals surface area contributed by atoms with Gasteiger partial charge in [0.05, 0.1) is 0 Å². The predicted octanol–water partition coefficient (Wildman–Crippen LogP) is 1.95. The van der Waals surface area contributed by atoms with Crippen LogP contribution in [0.4, 0.5) is 5.82 Å². The second kappa shape index (κ2) is 4.98. The molecule has 19 heavy (non-hydrogen) atoms. The number of thiophene rings is 1. The molecular formula is C11H10N2O4S2. The van der Waals surface area contributed by atoms with Gasteiger partial charge in [0.25, 0.3) is 10.0 Å². The van der Waals surface area contributed by atoms with E-state index in [-0.39, 0.29) is 14.9 Å². The summed E-state index contributed by atoms with van der Waals surface area (Å²) in [5, 5.41) is 8.77. The number of sulfonamides is 1. The summed E-state index contributed by atoms with van der Waals surface area (Å²) < 4.78 is 26.3. The molecule has 100 valence electrons. The number of nitrogens with one attached hydrogen (secondary N) is 1. The topological polar surface area (TPSA) is 96.4 Å². The Hall–Kier alpha value is -1.93. The van der Waals surface area contributed by atoms with Gasteiger partial charge in [0.2, 0.25) is 0 Å². The Morgan fingerprint density at radius 1 is 1.37 bits per heavy atom. The van der Waals surface area contributed by atoms with Crippen molar-refractivity contribution < 1.29 is 18.3 Å². The third-order valence-electron chi connectivity index (χ3n) is 2.21. The molecule has 0 bridgehead atoms. The maximum atomic E-state index is 12.0. The first-order valence-electron chi connectivity index (χ1n) is 5.17. The van der Waals surface area contributed by atoms with E-state index in [9.17, 15) is 13.2 Å². The van der Waals surface area contributed by atoms with Crippen molar-refractivity contribution in [3.05, 3.63) is 40.9 Å². The van der Waals surface area contributed by atoms with Gasteiger partial charge in [-0.05, 0) is 36.8 Å². The van der Waals surface area contributed by atoms with E-state index >= 15 is 0 Å². The first kappa shape index (κ1) is 13.5. The van der Waals surface area contributed by atoms with Gasteiger partial charge in [0.15, 0.2) is 0 Å². The van der Waals surface area contributed by atoms with Gasteiger partial charge in [-0.3, -0.25) is 4.72 Å². The lowest BCUT2D eigenvalue weighted by molar-refractivity contribution is 0.0702. The van der Waals surface area contributed by atoms with Gasteiger partial charge in [-0.15, -0.1) is 11.3 Å². The van der Waals surface area contributed by atoms with Gasteiger partial charge < -0.3 is 5.11 Å². The van der Waals surface area contributed by atoms with Crippen molar-refractivity contribution in [3.8, 4) is 0 Å². The molecule has 0 saturated carbocycles. The van der Waals surface area contributed by atoms with Crippen molar-refractivity contribution in [3.63, 3.8) is 0 Å². The Morgan fingerprint density at radius 2 is 2.11 bits per heavy atom. The molecule has 8 heteroatoms. The first-order chi connectivity index (χ1) is 8.88. The molecule has 2 aromatic heterocycles. The fourth-order valence-corrected chi connectivity index (χ4v) is 3.50. The number of hydrogen-bond acceptors (Lipinski definition) is 5. The minimum absolute atomic E-state index is 0.0300. The lowest BCUT2D eigenvalue weighted by atomic mass is 10.3. The number of nitrogens with zero attached hydrogens (tertiary/aromatic N) is 1. The molecule has 0 fully saturated rings. The number of aryl methyl sites for hydroxylation is 1. The van der Waals surface area contributed by atoms with Crippen molar-refractivity contribution >= 4 is 33.1 Å². The molecule has 0 amide bonds. The average molecular weight is 298 g/mol. The predicted molar refractivity (Wildman–Crippen MR) is 71.1 cm³/mol. The number of carbonyl (C=O) groups is 1. The van der Waals surface area contributed by atoms with Crippen LogP contribution in [0.5, 0.6) is 0 Å². The molecule has 6 nitrogen and oxygen atoms in total. The fraction of sp³-hybridized carbons (Fsp3) is 0.0909. The van der Waals surface area contributed by atoms with Gasteiger partial charge in [-0.1, -0.05) is 0 Å². The quantitative estimate of drug-likeness (QED) is 0.899. The molecule has 2 N–H and O–H groups in total. The molecule has 0 unspecified atom stereocenters. The molecule has 0 aromatic carbocycles. The van der Waals surface area contributed by atoms with Gasteiger partial charge >= 0.3 is 5.97 Å². The summed E-state index contributed by atoms with van der Waals surface area (Å²) in [5.74, 6) is -0.953. The second-order valence-corrected chi connectivity index (χ2v) is 6.74. The zero-order valence-corrected chi connectivity index (χ0v) is 11.5. The molecule has 2 rings (SSSR count). The normalized spacial score (nSPS) is 11.2. The molecule has 0 radical (unpaired) electrons. The number of carboxylic acids is 1. The van der Waals surface area contributed by atoms with Crippen LogP contribution in [0.1, 0.15) is 15.2 Å². The van der Waals surface area contributed by atoms with Crippen LogP contribution in [0, 0.1) is 6.92 Å². The number of rotatable bonds is 4. The van der Waals surface area contributed by atoms with Gasteiger partial charge in [-0.2, -0.15) is 0 Å². The highest BCUT2D eigenvalue weighted by Gasteiger charge is 2.19. The number of aromatic carboxylic acids is 1. The highest BCUT2D eigenvalue weighted by Crippen LogP contribution is 2.23. The molecule has 0 aliphatic rings. The van der Waals surface area contributed by atoms with E-state index in [1.165, 1.54) is 18.3 Å². The van der Waals surface area contributed by atoms with Crippen molar-refractivity contribution in [1.29, 1.82) is 0 Å². The molecular weight excluding hydrogens is 288 g/mol. The van der Waals surface area contributed by atoms with Crippen LogP contribution in [-0.4, -0.2) is 24.5 Å². The van der Waals surface area contributed by atoms with Crippen molar-refractivity contribution in [2.24, 2.45) is 0 Å². The van der Waals surface area contributed by atoms with E-state index in [1.54, 1.807) is 12.1 Å². The van der Waals surface area contributed by atoms with Crippen molar-refractivity contribution in [2.45, 2.75) is 11.1 Å². The number of carboxylic acid groups (broad SMARTS) is 1. The summed E-state index contributed by atoms with van der Waals surface area (Å²) in [6.45, 7) is 1.81. The highest BCUT2D eigenvalue weighted by molar-refractivity contribution is 7.94. The van der Waals surface area contributed by atoms with E-state index in [0.717, 1.165) is 5.56 Å². The van der Waals surface area contributed by atoms with Crippen LogP contribution in [0.15, 0.2) is 34.7 Å². The van der Waals surface area contributed by atoms with Gasteiger partial charge in [0, 0.05) is 6.20 Å². The summed E-state index contributed by atoms with van der Waals surface area (Å²) in [5.41, 5.74) is 0.866. The summed E-state index contributed by atoms with van der Waals surface area (Å²) in [6, 6.07) is 5.84. The van der Waals surface area contributed by atoms with E-state index in [2.05, 4.69) is 9.71 Å². The molecule has 0 saturated heterocycles. The largest absolute Gasteiger partial charge is 0.477 e. The summed E-state index contributed by atoms with van der Waals surface area (Å²) >= 11 is 0.694. The number of hydrogen-bond donors (Lipinski definition) is 2. The SMILES string of the molecule is Cc1ccnc(NS(=O)(=O)c2ccc(C(=O)O)s2)c1. The maximum Gasteiger partial charge on any atom is 0.345 e. The van der Waals surface area contributed by atoms with Crippen molar-refractivity contribution in [1.82, 2.24) is 4.98 Å².